The molecule has 0 radical (unpaired) electrons. The van der Waals surface area contributed by atoms with Gasteiger partial charge in [-0.1, -0.05) is 0 Å². The van der Waals surface area contributed by atoms with Gasteiger partial charge in [-0.25, -0.2) is 9.50 Å². The summed E-state index contributed by atoms with van der Waals surface area (Å²) in [5, 5.41) is 8.29. The largest absolute Gasteiger partial charge is 0.497 e. The second-order valence-electron chi connectivity index (χ2n) is 12.2. The molecule has 2 heterocycles. The Hall–Kier alpha value is -3.09. The van der Waals surface area contributed by atoms with E-state index in [2.05, 4.69) is 19.2 Å². The normalized spacial score (nSPS) is 26.5. The summed E-state index contributed by atoms with van der Waals surface area (Å²) in [5.41, 5.74) is 5.85. The van der Waals surface area contributed by atoms with Crippen LogP contribution in [-0.2, 0) is 11.2 Å². The molecule has 7 nitrogen and oxygen atoms in total. The molecule has 1 N–H and O–H groups in total. The van der Waals surface area contributed by atoms with Gasteiger partial charge in [-0.15, -0.1) is 0 Å². The Morgan fingerprint density at radius 1 is 1.08 bits per heavy atom. The van der Waals surface area contributed by atoms with Gasteiger partial charge in [0.2, 0.25) is 5.91 Å². The summed E-state index contributed by atoms with van der Waals surface area (Å²) in [6.45, 7) is 6.35. The Balaban J connectivity index is 1.17. The molecule has 1 aromatic carbocycles. The number of aryl methyl sites for hydroxylation is 2. The molecule has 0 spiro atoms. The molecule has 1 amide bonds. The van der Waals surface area contributed by atoms with Crippen LogP contribution in [0.25, 0.3) is 16.9 Å². The van der Waals surface area contributed by atoms with E-state index in [1.165, 1.54) is 38.5 Å². The van der Waals surface area contributed by atoms with Crippen LogP contribution in [0, 0.1) is 37.0 Å². The minimum Gasteiger partial charge on any atom is -0.497 e. The molecule has 7 rings (SSSR count). The number of carbonyl (C=O) groups is 1. The molecule has 0 aliphatic heterocycles. The molecular weight excluding hydrogens is 476 g/mol. The summed E-state index contributed by atoms with van der Waals surface area (Å²) in [5.74, 6) is 4.25. The highest BCUT2D eigenvalue weighted by Gasteiger charge is 2.53. The zero-order valence-electron chi connectivity index (χ0n) is 23.3. The Labute approximate surface area is 225 Å². The van der Waals surface area contributed by atoms with Crippen molar-refractivity contribution in [1.82, 2.24) is 19.9 Å². The van der Waals surface area contributed by atoms with Gasteiger partial charge in [0, 0.05) is 41.5 Å². The van der Waals surface area contributed by atoms with Gasteiger partial charge in [0.05, 0.1) is 19.9 Å². The Morgan fingerprint density at radius 3 is 2.39 bits per heavy atom. The van der Waals surface area contributed by atoms with Crippen molar-refractivity contribution in [1.29, 1.82) is 0 Å². The number of carbonyl (C=O) groups excluding carboxylic acids is 1. The number of nitrogens with zero attached hydrogens (tertiary/aromatic N) is 3. The number of aromatic nitrogens is 3. The van der Waals surface area contributed by atoms with Gasteiger partial charge < -0.3 is 14.8 Å². The molecule has 7 heteroatoms. The molecule has 3 aromatic rings. The number of methoxy groups -OCH3 is 2. The molecule has 1 atom stereocenters. The number of hydrogen-bond acceptors (Lipinski definition) is 5. The fourth-order valence-electron chi connectivity index (χ4n) is 8.24. The van der Waals surface area contributed by atoms with E-state index in [1.807, 2.05) is 35.7 Å². The molecule has 4 aliphatic rings. The van der Waals surface area contributed by atoms with Gasteiger partial charge in [-0.3, -0.25) is 4.79 Å². The standard InChI is InChI=1S/C31H40N4O3/c1-18-25(8-9-30(36)33-20(3)31-15-21-10-22(16-31)12-23(11-21)17-31)19(2)35-29(32-18)14-27(34-35)26-7-6-24(37-4)13-28(26)38-5/h6-7,13-14,20-23H,8-12,15-17H2,1-5H3,(H,33,36)/t20-,21?,22?,23?,31?/m1/s1. The minimum absolute atomic E-state index is 0.149. The third kappa shape index (κ3) is 4.34. The van der Waals surface area contributed by atoms with Crippen LogP contribution in [0.1, 0.15) is 68.8 Å². The topological polar surface area (TPSA) is 77.8 Å². The molecule has 2 aromatic heterocycles. The van der Waals surface area contributed by atoms with Crippen LogP contribution in [0.3, 0.4) is 0 Å². The van der Waals surface area contributed by atoms with Gasteiger partial charge in [-0.2, -0.15) is 5.10 Å². The van der Waals surface area contributed by atoms with E-state index in [9.17, 15) is 4.79 Å². The highest BCUT2D eigenvalue weighted by atomic mass is 16.5. The Bertz CT molecular complexity index is 1340. The van der Waals surface area contributed by atoms with Gasteiger partial charge in [0.15, 0.2) is 5.65 Å². The van der Waals surface area contributed by atoms with Crippen molar-refractivity contribution >= 4 is 11.6 Å². The second-order valence-corrected chi connectivity index (χ2v) is 12.2. The lowest BCUT2D eigenvalue weighted by Gasteiger charge is -2.59. The third-order valence-corrected chi connectivity index (χ3v) is 9.83. The van der Waals surface area contributed by atoms with Gasteiger partial charge in [0.1, 0.15) is 11.5 Å². The van der Waals surface area contributed by atoms with E-state index in [0.29, 0.717) is 24.0 Å². The minimum atomic E-state index is 0.149. The summed E-state index contributed by atoms with van der Waals surface area (Å²) in [4.78, 5) is 18.0. The fraction of sp³-hybridized carbons (Fsp3) is 0.581. The zero-order chi connectivity index (χ0) is 26.6. The Kier molecular flexibility index (Phi) is 6.36. The van der Waals surface area contributed by atoms with Crippen molar-refractivity contribution < 1.29 is 14.3 Å². The molecule has 4 fully saturated rings. The van der Waals surface area contributed by atoms with E-state index in [1.54, 1.807) is 14.2 Å². The third-order valence-electron chi connectivity index (χ3n) is 9.83. The molecule has 4 saturated carbocycles. The van der Waals surface area contributed by atoms with Crippen molar-refractivity contribution in [2.45, 2.75) is 78.2 Å². The first-order valence-corrected chi connectivity index (χ1v) is 14.2. The first kappa shape index (κ1) is 25.2. The summed E-state index contributed by atoms with van der Waals surface area (Å²) in [6, 6.07) is 7.95. The van der Waals surface area contributed by atoms with Crippen LogP contribution in [-0.4, -0.2) is 40.8 Å². The van der Waals surface area contributed by atoms with Crippen molar-refractivity contribution in [2.75, 3.05) is 14.2 Å². The number of amides is 1. The van der Waals surface area contributed by atoms with Crippen LogP contribution in [0.2, 0.25) is 0 Å². The van der Waals surface area contributed by atoms with Crippen LogP contribution in [0.15, 0.2) is 24.3 Å². The van der Waals surface area contributed by atoms with E-state index in [0.717, 1.165) is 57.4 Å². The van der Waals surface area contributed by atoms with E-state index < -0.39 is 0 Å². The first-order chi connectivity index (χ1) is 18.3. The first-order valence-electron chi connectivity index (χ1n) is 14.2. The number of fused-ring (bicyclic) bond motifs is 1. The van der Waals surface area contributed by atoms with Gasteiger partial charge >= 0.3 is 0 Å². The van der Waals surface area contributed by atoms with Crippen LogP contribution < -0.4 is 14.8 Å². The molecule has 4 aliphatic carbocycles. The maximum atomic E-state index is 13.1. The molecule has 4 bridgehead atoms. The SMILES string of the molecule is COc1ccc(-c2cc3nc(C)c(CCC(=O)N[C@H](C)C45CC6CC(CC(C6)C4)C5)c(C)n3n2)c(OC)c1. The molecule has 38 heavy (non-hydrogen) atoms. The van der Waals surface area contributed by atoms with Crippen molar-refractivity contribution in [3.63, 3.8) is 0 Å². The number of hydrogen-bond donors (Lipinski definition) is 1. The summed E-state index contributed by atoms with van der Waals surface area (Å²) in [6.07, 6.45) is 9.31. The lowest BCUT2D eigenvalue weighted by atomic mass is 9.48. The van der Waals surface area contributed by atoms with E-state index in [4.69, 9.17) is 19.6 Å². The summed E-state index contributed by atoms with van der Waals surface area (Å²) in [7, 11) is 3.29. The molecule has 0 unspecified atom stereocenters. The smallest absolute Gasteiger partial charge is 0.220 e. The lowest BCUT2D eigenvalue weighted by Crippen LogP contribution is -2.55. The van der Waals surface area contributed by atoms with E-state index >= 15 is 0 Å². The van der Waals surface area contributed by atoms with Crippen LogP contribution >= 0.6 is 0 Å². The lowest BCUT2D eigenvalue weighted by molar-refractivity contribution is -0.125. The van der Waals surface area contributed by atoms with Crippen molar-refractivity contribution in [2.24, 2.45) is 23.2 Å². The number of rotatable bonds is 8. The molecule has 202 valence electrons. The zero-order valence-corrected chi connectivity index (χ0v) is 23.3. The van der Waals surface area contributed by atoms with Crippen LogP contribution in [0.5, 0.6) is 11.5 Å². The fourth-order valence-corrected chi connectivity index (χ4v) is 8.24. The monoisotopic (exact) mass is 516 g/mol. The quantitative estimate of drug-likeness (QED) is 0.417. The average molecular weight is 517 g/mol. The molecular formula is C31H40N4O3. The maximum absolute atomic E-state index is 13.1. The number of nitrogens with one attached hydrogen (secondary N) is 1. The molecule has 0 saturated heterocycles. The van der Waals surface area contributed by atoms with Gasteiger partial charge in [-0.05, 0) is 107 Å². The average Bonchev–Trinajstić information content (AvgIpc) is 3.31. The highest BCUT2D eigenvalue weighted by molar-refractivity contribution is 5.77. The Morgan fingerprint density at radius 2 is 1.76 bits per heavy atom. The van der Waals surface area contributed by atoms with Gasteiger partial charge in [0.25, 0.3) is 0 Å². The summed E-state index contributed by atoms with van der Waals surface area (Å²) < 4.78 is 12.8. The van der Waals surface area contributed by atoms with Crippen LogP contribution in [0.4, 0.5) is 0 Å². The number of ether oxygens (including phenoxy) is 2. The van der Waals surface area contributed by atoms with Crippen molar-refractivity contribution in [3.05, 3.63) is 41.2 Å². The van der Waals surface area contributed by atoms with Crippen molar-refractivity contribution in [3.8, 4) is 22.8 Å². The van der Waals surface area contributed by atoms with E-state index in [-0.39, 0.29) is 11.9 Å². The second kappa shape index (κ2) is 9.58. The summed E-state index contributed by atoms with van der Waals surface area (Å²) >= 11 is 0. The predicted octanol–water partition coefficient (Wildman–Crippen LogP) is 5.68. The number of benzene rings is 1. The predicted molar refractivity (Wildman–Crippen MR) is 148 cm³/mol. The maximum Gasteiger partial charge on any atom is 0.220 e. The highest BCUT2D eigenvalue weighted by Crippen LogP contribution is 2.61.